The van der Waals surface area contributed by atoms with Gasteiger partial charge in [0.1, 0.15) is 0 Å². The summed E-state index contributed by atoms with van der Waals surface area (Å²) in [6, 6.07) is 10.6. The normalized spacial score (nSPS) is 20.5. The van der Waals surface area contributed by atoms with Gasteiger partial charge < -0.3 is 9.80 Å². The van der Waals surface area contributed by atoms with Crippen LogP contribution in [0.25, 0.3) is 0 Å². The summed E-state index contributed by atoms with van der Waals surface area (Å²) in [5.41, 5.74) is 1.86. The highest BCUT2D eigenvalue weighted by Gasteiger charge is 2.33. The van der Waals surface area contributed by atoms with Crippen LogP contribution in [-0.2, 0) is 6.54 Å². The van der Waals surface area contributed by atoms with Gasteiger partial charge in [-0.2, -0.15) is 5.26 Å². The first-order valence-corrected chi connectivity index (χ1v) is 7.91. The van der Waals surface area contributed by atoms with E-state index in [1.807, 2.05) is 36.2 Å². The molecule has 22 heavy (non-hydrogen) atoms. The molecule has 5 heteroatoms. The van der Waals surface area contributed by atoms with Gasteiger partial charge in [-0.05, 0) is 24.5 Å². The number of likely N-dealkylation sites (tertiary alicyclic amines) is 1. The van der Waals surface area contributed by atoms with Crippen LogP contribution in [-0.4, -0.2) is 60.0 Å². The lowest BCUT2D eigenvalue weighted by molar-refractivity contribution is 0.127. The van der Waals surface area contributed by atoms with Crippen molar-refractivity contribution in [3.05, 3.63) is 35.4 Å². The summed E-state index contributed by atoms with van der Waals surface area (Å²) in [4.78, 5) is 18.3. The minimum absolute atomic E-state index is 0.174. The average molecular weight is 298 g/mol. The topological polar surface area (TPSA) is 50.6 Å². The highest BCUT2D eigenvalue weighted by atomic mass is 16.2. The number of carbonyl (C=O) groups excluding carboxylic acids is 1. The molecule has 0 bridgehead atoms. The Balaban J connectivity index is 1.56. The van der Waals surface area contributed by atoms with Crippen molar-refractivity contribution < 1.29 is 4.79 Å². The third-order valence-electron chi connectivity index (χ3n) is 4.78. The maximum atomic E-state index is 12.1. The summed E-state index contributed by atoms with van der Waals surface area (Å²) in [7, 11) is 1.87. The fourth-order valence-electron chi connectivity index (χ4n) is 3.40. The first-order chi connectivity index (χ1) is 10.7. The zero-order valence-electron chi connectivity index (χ0n) is 13.0. The summed E-state index contributed by atoms with van der Waals surface area (Å²) in [6.07, 6.45) is 2.04. The summed E-state index contributed by atoms with van der Waals surface area (Å²) >= 11 is 0. The van der Waals surface area contributed by atoms with Crippen LogP contribution in [0.1, 0.15) is 24.0 Å². The van der Waals surface area contributed by atoms with Gasteiger partial charge >= 0.3 is 6.03 Å². The molecule has 1 aromatic rings. The number of nitriles is 1. The van der Waals surface area contributed by atoms with Crippen molar-refractivity contribution in [3.8, 4) is 6.07 Å². The summed E-state index contributed by atoms with van der Waals surface area (Å²) in [5, 5.41) is 9.17. The van der Waals surface area contributed by atoms with E-state index in [9.17, 15) is 10.1 Å². The van der Waals surface area contributed by atoms with Gasteiger partial charge in [0.05, 0.1) is 11.6 Å². The predicted molar refractivity (Wildman–Crippen MR) is 84.2 cm³/mol. The van der Waals surface area contributed by atoms with E-state index in [0.29, 0.717) is 6.04 Å². The molecule has 2 amide bonds. The Morgan fingerprint density at radius 3 is 2.55 bits per heavy atom. The predicted octanol–water partition coefficient (Wildman–Crippen LogP) is 1.89. The van der Waals surface area contributed by atoms with Crippen molar-refractivity contribution >= 4 is 6.03 Å². The molecule has 0 spiro atoms. The van der Waals surface area contributed by atoms with Crippen LogP contribution in [0.15, 0.2) is 24.3 Å². The SMILES string of the molecule is CN1CCN(C2CCN(Cc3ccccc3C#N)CC2)C1=O. The standard InChI is InChI=1S/C17H22N4O/c1-19-10-11-21(17(19)22)16-6-8-20(9-7-16)13-15-5-3-2-4-14(15)12-18/h2-5,16H,6-11,13H2,1H3. The smallest absolute Gasteiger partial charge is 0.320 e. The second-order valence-electron chi connectivity index (χ2n) is 6.17. The van der Waals surface area contributed by atoms with E-state index in [0.717, 1.165) is 56.7 Å². The van der Waals surface area contributed by atoms with Crippen molar-refractivity contribution in [1.82, 2.24) is 14.7 Å². The number of nitrogens with zero attached hydrogens (tertiary/aromatic N) is 4. The molecule has 1 aromatic carbocycles. The van der Waals surface area contributed by atoms with Gasteiger partial charge in [0.2, 0.25) is 0 Å². The number of rotatable bonds is 3. The summed E-state index contributed by atoms with van der Waals surface area (Å²) in [6.45, 7) is 4.49. The quantitative estimate of drug-likeness (QED) is 0.856. The van der Waals surface area contributed by atoms with Crippen LogP contribution < -0.4 is 0 Å². The third-order valence-corrected chi connectivity index (χ3v) is 4.78. The van der Waals surface area contributed by atoms with E-state index in [-0.39, 0.29) is 6.03 Å². The minimum atomic E-state index is 0.174. The Hall–Kier alpha value is -2.06. The zero-order valence-corrected chi connectivity index (χ0v) is 13.0. The Bertz CT molecular complexity index is 587. The maximum absolute atomic E-state index is 12.1. The number of carbonyl (C=O) groups is 1. The molecule has 5 nitrogen and oxygen atoms in total. The Morgan fingerprint density at radius 2 is 1.91 bits per heavy atom. The molecule has 3 rings (SSSR count). The van der Waals surface area contributed by atoms with Crippen LogP contribution in [0.2, 0.25) is 0 Å². The van der Waals surface area contributed by atoms with Gasteiger partial charge in [0.15, 0.2) is 0 Å². The molecule has 0 aromatic heterocycles. The molecule has 0 N–H and O–H groups in total. The van der Waals surface area contributed by atoms with E-state index in [1.165, 1.54) is 0 Å². The van der Waals surface area contributed by atoms with Gasteiger partial charge in [-0.25, -0.2) is 4.79 Å². The Labute approximate surface area is 131 Å². The molecule has 0 atom stereocenters. The molecule has 2 fully saturated rings. The number of likely N-dealkylation sites (N-methyl/N-ethyl adjacent to an activating group) is 1. The molecule has 116 valence electrons. The number of hydrogen-bond donors (Lipinski definition) is 0. The van der Waals surface area contributed by atoms with Crippen molar-refractivity contribution in [2.75, 3.05) is 33.2 Å². The van der Waals surface area contributed by atoms with E-state index in [1.54, 1.807) is 4.90 Å². The molecule has 2 saturated heterocycles. The van der Waals surface area contributed by atoms with Gasteiger partial charge in [0, 0.05) is 45.8 Å². The number of benzene rings is 1. The molecule has 0 radical (unpaired) electrons. The maximum Gasteiger partial charge on any atom is 0.320 e. The number of amides is 2. The molecule has 0 aliphatic carbocycles. The van der Waals surface area contributed by atoms with Crippen LogP contribution in [0.5, 0.6) is 0 Å². The van der Waals surface area contributed by atoms with Gasteiger partial charge in [-0.3, -0.25) is 4.90 Å². The lowest BCUT2D eigenvalue weighted by Gasteiger charge is -2.36. The van der Waals surface area contributed by atoms with E-state index >= 15 is 0 Å². The van der Waals surface area contributed by atoms with Crippen LogP contribution in [0.4, 0.5) is 4.79 Å². The average Bonchev–Trinajstić information content (AvgIpc) is 2.88. The monoisotopic (exact) mass is 298 g/mol. The first kappa shape index (κ1) is 14.9. The molecule has 2 aliphatic rings. The molecular weight excluding hydrogens is 276 g/mol. The number of hydrogen-bond acceptors (Lipinski definition) is 3. The zero-order chi connectivity index (χ0) is 15.5. The van der Waals surface area contributed by atoms with E-state index in [4.69, 9.17) is 0 Å². The molecule has 2 heterocycles. The number of piperidine rings is 1. The molecular formula is C17H22N4O. The lowest BCUT2D eigenvalue weighted by Crippen LogP contribution is -2.46. The highest BCUT2D eigenvalue weighted by Crippen LogP contribution is 2.22. The van der Waals surface area contributed by atoms with Gasteiger partial charge in [0.25, 0.3) is 0 Å². The van der Waals surface area contributed by atoms with Crippen molar-refractivity contribution in [2.45, 2.75) is 25.4 Å². The molecule has 2 aliphatic heterocycles. The Morgan fingerprint density at radius 1 is 1.18 bits per heavy atom. The highest BCUT2D eigenvalue weighted by molar-refractivity contribution is 5.76. The van der Waals surface area contributed by atoms with Crippen molar-refractivity contribution in [3.63, 3.8) is 0 Å². The van der Waals surface area contributed by atoms with Crippen LogP contribution >= 0.6 is 0 Å². The lowest BCUT2D eigenvalue weighted by atomic mass is 10.0. The number of urea groups is 1. The third kappa shape index (κ3) is 2.93. The summed E-state index contributed by atoms with van der Waals surface area (Å²) in [5.74, 6) is 0. The van der Waals surface area contributed by atoms with Gasteiger partial charge in [-0.1, -0.05) is 18.2 Å². The fourth-order valence-corrected chi connectivity index (χ4v) is 3.40. The van der Waals surface area contributed by atoms with E-state index < -0.39 is 0 Å². The van der Waals surface area contributed by atoms with Crippen molar-refractivity contribution in [1.29, 1.82) is 5.26 Å². The Kier molecular flexibility index (Phi) is 4.30. The second-order valence-corrected chi connectivity index (χ2v) is 6.17. The van der Waals surface area contributed by atoms with Crippen molar-refractivity contribution in [2.24, 2.45) is 0 Å². The van der Waals surface area contributed by atoms with E-state index in [2.05, 4.69) is 11.0 Å². The largest absolute Gasteiger partial charge is 0.326 e. The fraction of sp³-hybridized carbons (Fsp3) is 0.529. The summed E-state index contributed by atoms with van der Waals surface area (Å²) < 4.78 is 0. The molecule has 0 saturated carbocycles. The first-order valence-electron chi connectivity index (χ1n) is 7.91. The second kappa shape index (κ2) is 6.37. The van der Waals surface area contributed by atoms with Gasteiger partial charge in [-0.15, -0.1) is 0 Å². The van der Waals surface area contributed by atoms with Crippen LogP contribution in [0.3, 0.4) is 0 Å². The minimum Gasteiger partial charge on any atom is -0.326 e. The molecule has 0 unspecified atom stereocenters. The van der Waals surface area contributed by atoms with Crippen LogP contribution in [0, 0.1) is 11.3 Å².